The Morgan fingerprint density at radius 3 is 2.43 bits per heavy atom. The van der Waals surface area contributed by atoms with Crippen molar-refractivity contribution in [3.05, 3.63) is 90.5 Å². The van der Waals surface area contributed by atoms with Crippen molar-refractivity contribution in [3.8, 4) is 11.5 Å². The first kappa shape index (κ1) is 19.6. The molecule has 4 aromatic rings. The molecule has 5 heteroatoms. The number of hydrogen-bond acceptors (Lipinski definition) is 5. The van der Waals surface area contributed by atoms with Crippen LogP contribution in [0.2, 0.25) is 0 Å². The van der Waals surface area contributed by atoms with E-state index in [1.165, 1.54) is 5.56 Å². The van der Waals surface area contributed by atoms with E-state index in [0.29, 0.717) is 13.2 Å². The Labute approximate surface area is 176 Å². The first-order valence-electron chi connectivity index (χ1n) is 9.99. The van der Waals surface area contributed by atoms with Gasteiger partial charge in [0, 0.05) is 17.6 Å². The zero-order chi connectivity index (χ0) is 20.6. The molecule has 2 N–H and O–H groups in total. The van der Waals surface area contributed by atoms with Gasteiger partial charge in [-0.1, -0.05) is 30.3 Å². The molecule has 30 heavy (non-hydrogen) atoms. The largest absolute Gasteiger partial charge is 0.497 e. The smallest absolute Gasteiger partial charge is 0.126 e. The first-order valence-corrected chi connectivity index (χ1v) is 9.99. The van der Waals surface area contributed by atoms with Crippen molar-refractivity contribution >= 4 is 22.4 Å². The maximum atomic E-state index is 5.70. The van der Waals surface area contributed by atoms with Gasteiger partial charge in [0.1, 0.15) is 23.9 Å². The molecule has 152 valence electrons. The van der Waals surface area contributed by atoms with E-state index in [1.54, 1.807) is 7.11 Å². The molecule has 0 saturated heterocycles. The molecule has 5 nitrogen and oxygen atoms in total. The highest BCUT2D eigenvalue weighted by Crippen LogP contribution is 2.21. The van der Waals surface area contributed by atoms with Crippen LogP contribution in [0, 0.1) is 0 Å². The fraction of sp³-hybridized carbons (Fsp3) is 0.160. The van der Waals surface area contributed by atoms with E-state index >= 15 is 0 Å². The summed E-state index contributed by atoms with van der Waals surface area (Å²) in [6.45, 7) is 2.02. The number of para-hydroxylation sites is 1. The number of rotatable bonds is 9. The lowest BCUT2D eigenvalue weighted by atomic mass is 10.1. The van der Waals surface area contributed by atoms with Crippen molar-refractivity contribution in [2.75, 3.05) is 30.9 Å². The van der Waals surface area contributed by atoms with Crippen LogP contribution < -0.4 is 20.1 Å². The summed E-state index contributed by atoms with van der Waals surface area (Å²) in [5.41, 5.74) is 3.22. The molecule has 1 aromatic heterocycles. The minimum atomic E-state index is 0.581. The normalized spacial score (nSPS) is 10.6. The third-order valence-corrected chi connectivity index (χ3v) is 4.77. The Morgan fingerprint density at radius 1 is 0.800 bits per heavy atom. The molecule has 0 unspecified atom stereocenters. The van der Waals surface area contributed by atoms with Crippen LogP contribution in [0.1, 0.15) is 5.56 Å². The van der Waals surface area contributed by atoms with E-state index < -0.39 is 0 Å². The SMILES string of the molecule is COc1ccc(CNc2ccc3nc(NCCOc4ccccc4)ccc3c2)cc1. The summed E-state index contributed by atoms with van der Waals surface area (Å²) in [4.78, 5) is 4.69. The number of hydrogen-bond donors (Lipinski definition) is 2. The average molecular weight is 399 g/mol. The molecule has 0 aliphatic heterocycles. The fourth-order valence-electron chi connectivity index (χ4n) is 3.15. The lowest BCUT2D eigenvalue weighted by Gasteiger charge is -2.10. The van der Waals surface area contributed by atoms with Gasteiger partial charge in [-0.25, -0.2) is 4.98 Å². The molecule has 0 atom stereocenters. The monoisotopic (exact) mass is 399 g/mol. The Hall–Kier alpha value is -3.73. The lowest BCUT2D eigenvalue weighted by molar-refractivity contribution is 0.333. The predicted octanol–water partition coefficient (Wildman–Crippen LogP) is 5.35. The van der Waals surface area contributed by atoms with Crippen LogP contribution in [0.5, 0.6) is 11.5 Å². The minimum absolute atomic E-state index is 0.581. The molecule has 0 amide bonds. The summed E-state index contributed by atoms with van der Waals surface area (Å²) in [5, 5.41) is 7.88. The highest BCUT2D eigenvalue weighted by molar-refractivity contribution is 5.83. The topological polar surface area (TPSA) is 55.4 Å². The van der Waals surface area contributed by atoms with Crippen LogP contribution in [0.3, 0.4) is 0 Å². The summed E-state index contributed by atoms with van der Waals surface area (Å²) in [6, 6.07) is 28.2. The number of aromatic nitrogens is 1. The standard InChI is InChI=1S/C25H25N3O2/c1-29-22-11-7-19(8-12-22)18-27-21-10-13-24-20(17-21)9-14-25(28-24)26-15-16-30-23-5-3-2-4-6-23/h2-14,17,27H,15-16,18H2,1H3,(H,26,28). The van der Waals surface area contributed by atoms with Crippen LogP contribution in [0.15, 0.2) is 84.9 Å². The molecule has 0 radical (unpaired) electrons. The highest BCUT2D eigenvalue weighted by Gasteiger charge is 2.01. The molecule has 0 fully saturated rings. The molecule has 3 aromatic carbocycles. The zero-order valence-electron chi connectivity index (χ0n) is 17.0. The Morgan fingerprint density at radius 2 is 1.63 bits per heavy atom. The molecule has 0 aliphatic rings. The number of pyridine rings is 1. The lowest BCUT2D eigenvalue weighted by Crippen LogP contribution is -2.12. The van der Waals surface area contributed by atoms with E-state index in [9.17, 15) is 0 Å². The third-order valence-electron chi connectivity index (χ3n) is 4.77. The molecular formula is C25H25N3O2. The summed E-state index contributed by atoms with van der Waals surface area (Å²) in [7, 11) is 1.68. The van der Waals surface area contributed by atoms with Gasteiger partial charge in [-0.3, -0.25) is 0 Å². The van der Waals surface area contributed by atoms with Crippen molar-refractivity contribution in [2.24, 2.45) is 0 Å². The number of ether oxygens (including phenoxy) is 2. The van der Waals surface area contributed by atoms with Gasteiger partial charge in [0.15, 0.2) is 0 Å². The van der Waals surface area contributed by atoms with E-state index in [1.807, 2.05) is 54.6 Å². The van der Waals surface area contributed by atoms with Gasteiger partial charge in [-0.2, -0.15) is 0 Å². The molecule has 0 spiro atoms. The van der Waals surface area contributed by atoms with Crippen LogP contribution >= 0.6 is 0 Å². The van der Waals surface area contributed by atoms with E-state index in [4.69, 9.17) is 9.47 Å². The second-order valence-electron chi connectivity index (χ2n) is 6.89. The fourth-order valence-corrected chi connectivity index (χ4v) is 3.15. The van der Waals surface area contributed by atoms with E-state index in [2.05, 4.69) is 45.9 Å². The summed E-state index contributed by atoms with van der Waals surface area (Å²) in [5.74, 6) is 2.59. The molecule has 1 heterocycles. The molecular weight excluding hydrogens is 374 g/mol. The van der Waals surface area contributed by atoms with E-state index in [-0.39, 0.29) is 0 Å². The van der Waals surface area contributed by atoms with Gasteiger partial charge >= 0.3 is 0 Å². The van der Waals surface area contributed by atoms with Gasteiger partial charge < -0.3 is 20.1 Å². The Bertz CT molecular complexity index is 1080. The van der Waals surface area contributed by atoms with Crippen LogP contribution in [-0.2, 0) is 6.54 Å². The number of fused-ring (bicyclic) bond motifs is 1. The number of methoxy groups -OCH3 is 1. The molecule has 0 bridgehead atoms. The average Bonchev–Trinajstić information content (AvgIpc) is 2.81. The maximum Gasteiger partial charge on any atom is 0.126 e. The second kappa shape index (κ2) is 9.65. The van der Waals surface area contributed by atoms with Crippen molar-refractivity contribution < 1.29 is 9.47 Å². The van der Waals surface area contributed by atoms with Gasteiger partial charge in [0.2, 0.25) is 0 Å². The minimum Gasteiger partial charge on any atom is -0.497 e. The predicted molar refractivity (Wildman–Crippen MR) is 122 cm³/mol. The van der Waals surface area contributed by atoms with Crippen LogP contribution in [0.4, 0.5) is 11.5 Å². The third kappa shape index (κ3) is 5.20. The molecule has 4 rings (SSSR count). The number of nitrogens with zero attached hydrogens (tertiary/aromatic N) is 1. The van der Waals surface area contributed by atoms with E-state index in [0.717, 1.165) is 40.5 Å². The second-order valence-corrected chi connectivity index (χ2v) is 6.89. The summed E-state index contributed by atoms with van der Waals surface area (Å²) >= 11 is 0. The quantitative estimate of drug-likeness (QED) is 0.372. The Balaban J connectivity index is 1.31. The maximum absolute atomic E-state index is 5.70. The number of nitrogens with one attached hydrogen (secondary N) is 2. The van der Waals surface area contributed by atoms with Crippen molar-refractivity contribution in [1.82, 2.24) is 4.98 Å². The molecule has 0 aliphatic carbocycles. The van der Waals surface area contributed by atoms with Gasteiger partial charge in [-0.05, 0) is 60.2 Å². The van der Waals surface area contributed by atoms with Gasteiger partial charge in [0.25, 0.3) is 0 Å². The van der Waals surface area contributed by atoms with Gasteiger partial charge in [0.05, 0.1) is 19.2 Å². The van der Waals surface area contributed by atoms with Crippen molar-refractivity contribution in [2.45, 2.75) is 6.54 Å². The van der Waals surface area contributed by atoms with Crippen molar-refractivity contribution in [3.63, 3.8) is 0 Å². The summed E-state index contributed by atoms with van der Waals surface area (Å²) < 4.78 is 10.9. The molecule has 0 saturated carbocycles. The first-order chi connectivity index (χ1) is 14.8. The van der Waals surface area contributed by atoms with Gasteiger partial charge in [-0.15, -0.1) is 0 Å². The summed E-state index contributed by atoms with van der Waals surface area (Å²) in [6.07, 6.45) is 0. The Kier molecular flexibility index (Phi) is 6.30. The number of anilines is 2. The highest BCUT2D eigenvalue weighted by atomic mass is 16.5. The van der Waals surface area contributed by atoms with Crippen LogP contribution in [0.25, 0.3) is 10.9 Å². The van der Waals surface area contributed by atoms with Crippen molar-refractivity contribution in [1.29, 1.82) is 0 Å². The van der Waals surface area contributed by atoms with Crippen LogP contribution in [-0.4, -0.2) is 25.2 Å². The zero-order valence-corrected chi connectivity index (χ0v) is 17.0. The number of benzene rings is 3.